The zero-order valence-electron chi connectivity index (χ0n) is 18.0. The monoisotopic (exact) mass is 404 g/mol. The van der Waals surface area contributed by atoms with E-state index in [2.05, 4.69) is 32.9 Å². The van der Waals surface area contributed by atoms with Gasteiger partial charge in [0.15, 0.2) is 0 Å². The largest absolute Gasteiger partial charge is 0.457 e. The summed E-state index contributed by atoms with van der Waals surface area (Å²) in [5, 5.41) is 0. The van der Waals surface area contributed by atoms with E-state index in [-0.39, 0.29) is 17.5 Å². The van der Waals surface area contributed by atoms with Crippen LogP contribution in [-0.4, -0.2) is 11.8 Å². The van der Waals surface area contributed by atoms with Crippen LogP contribution in [0.3, 0.4) is 0 Å². The van der Waals surface area contributed by atoms with Gasteiger partial charge in [0, 0.05) is 29.0 Å². The van der Waals surface area contributed by atoms with Crippen LogP contribution in [0.4, 0.5) is 0 Å². The Morgan fingerprint density at radius 1 is 1.32 bits per heavy atom. The molecular weight excluding hydrogens is 368 g/mol. The number of thiophene rings is 1. The highest BCUT2D eigenvalue weighted by Crippen LogP contribution is 2.57. The Morgan fingerprint density at radius 3 is 2.79 bits per heavy atom. The summed E-state index contributed by atoms with van der Waals surface area (Å²) in [6.45, 7) is 8.41. The molecule has 2 saturated carbocycles. The quantitative estimate of drug-likeness (QED) is 0.464. The molecule has 0 spiro atoms. The van der Waals surface area contributed by atoms with E-state index in [1.54, 1.807) is 11.3 Å². The van der Waals surface area contributed by atoms with E-state index < -0.39 is 0 Å². The number of hydrogen-bond acceptors (Lipinski definition) is 4. The second-order valence-corrected chi connectivity index (χ2v) is 10.4. The standard InChI is InChI=1S/C24H36O3S/c1-5-18-11-14-23(28-18)22(27-17(3)25)10-6-8-16(2)19-12-13-20-21(26)9-7-15-24(19,20)4/h11,14,16,19-20,22H,5-10,12-13,15H2,1-4H3/t16?,19-,20+,22?,24-/m1/s1. The summed E-state index contributed by atoms with van der Waals surface area (Å²) in [6, 6.07) is 4.27. The molecule has 28 heavy (non-hydrogen) atoms. The molecule has 0 N–H and O–H groups in total. The third-order valence-corrected chi connectivity index (χ3v) is 8.73. The first-order valence-electron chi connectivity index (χ1n) is 11.1. The van der Waals surface area contributed by atoms with Crippen LogP contribution in [-0.2, 0) is 20.7 Å². The van der Waals surface area contributed by atoms with E-state index in [1.165, 1.54) is 29.5 Å². The molecule has 2 unspecified atom stereocenters. The molecule has 156 valence electrons. The van der Waals surface area contributed by atoms with E-state index in [1.807, 2.05) is 0 Å². The highest BCUT2D eigenvalue weighted by atomic mass is 32.1. The molecule has 0 amide bonds. The first kappa shape index (κ1) is 21.5. The van der Waals surface area contributed by atoms with E-state index >= 15 is 0 Å². The second kappa shape index (κ2) is 9.11. The van der Waals surface area contributed by atoms with Crippen LogP contribution in [0.25, 0.3) is 0 Å². The summed E-state index contributed by atoms with van der Waals surface area (Å²) in [5.74, 6) is 1.90. The van der Waals surface area contributed by atoms with Crippen molar-refractivity contribution in [2.45, 2.75) is 91.6 Å². The summed E-state index contributed by atoms with van der Waals surface area (Å²) in [6.07, 6.45) is 9.37. The smallest absolute Gasteiger partial charge is 0.303 e. The molecular formula is C24H36O3S. The molecule has 5 atom stereocenters. The number of fused-ring (bicyclic) bond motifs is 1. The van der Waals surface area contributed by atoms with Crippen LogP contribution in [0.2, 0.25) is 0 Å². The minimum Gasteiger partial charge on any atom is -0.457 e. The van der Waals surface area contributed by atoms with Crippen molar-refractivity contribution in [1.29, 1.82) is 0 Å². The van der Waals surface area contributed by atoms with Crippen molar-refractivity contribution in [2.75, 3.05) is 0 Å². The van der Waals surface area contributed by atoms with Gasteiger partial charge in [-0.25, -0.2) is 0 Å². The molecule has 2 aliphatic rings. The minimum absolute atomic E-state index is 0.113. The highest BCUT2D eigenvalue weighted by molar-refractivity contribution is 7.12. The maximum atomic E-state index is 12.4. The van der Waals surface area contributed by atoms with Gasteiger partial charge in [-0.15, -0.1) is 11.3 Å². The van der Waals surface area contributed by atoms with Crippen molar-refractivity contribution in [3.05, 3.63) is 21.9 Å². The Hall–Kier alpha value is -1.16. The molecule has 0 bridgehead atoms. The predicted molar refractivity (Wildman–Crippen MR) is 114 cm³/mol. The van der Waals surface area contributed by atoms with Crippen molar-refractivity contribution >= 4 is 23.1 Å². The van der Waals surface area contributed by atoms with Crippen molar-refractivity contribution in [1.82, 2.24) is 0 Å². The van der Waals surface area contributed by atoms with E-state index in [9.17, 15) is 9.59 Å². The zero-order chi connectivity index (χ0) is 20.3. The van der Waals surface area contributed by atoms with Gasteiger partial charge in [-0.3, -0.25) is 9.59 Å². The fourth-order valence-electron chi connectivity index (χ4n) is 5.95. The van der Waals surface area contributed by atoms with Gasteiger partial charge in [0.2, 0.25) is 0 Å². The molecule has 0 radical (unpaired) electrons. The molecule has 3 nitrogen and oxygen atoms in total. The van der Waals surface area contributed by atoms with Crippen molar-refractivity contribution in [3.8, 4) is 0 Å². The lowest BCUT2D eigenvalue weighted by molar-refractivity contribution is -0.147. The molecule has 1 heterocycles. The fraction of sp³-hybridized carbons (Fsp3) is 0.750. The van der Waals surface area contributed by atoms with Crippen LogP contribution >= 0.6 is 11.3 Å². The summed E-state index contributed by atoms with van der Waals surface area (Å²) in [7, 11) is 0. The predicted octanol–water partition coefficient (Wildman–Crippen LogP) is 6.51. The first-order valence-corrected chi connectivity index (χ1v) is 11.9. The van der Waals surface area contributed by atoms with Gasteiger partial charge in [-0.1, -0.05) is 27.2 Å². The molecule has 1 aromatic heterocycles. The van der Waals surface area contributed by atoms with Gasteiger partial charge < -0.3 is 4.74 Å². The average molecular weight is 405 g/mol. The lowest BCUT2D eigenvalue weighted by Gasteiger charge is -2.42. The number of carbonyl (C=O) groups excluding carboxylic acids is 2. The number of ketones is 1. The number of aryl methyl sites for hydroxylation is 1. The lowest BCUT2D eigenvalue weighted by Crippen LogP contribution is -2.39. The molecule has 2 aliphatic carbocycles. The molecule has 2 fully saturated rings. The second-order valence-electron chi connectivity index (χ2n) is 9.23. The zero-order valence-corrected chi connectivity index (χ0v) is 18.8. The normalized spacial score (nSPS) is 29.4. The van der Waals surface area contributed by atoms with Crippen LogP contribution in [0.15, 0.2) is 12.1 Å². The molecule has 1 aromatic rings. The van der Waals surface area contributed by atoms with E-state index in [4.69, 9.17) is 4.74 Å². The van der Waals surface area contributed by atoms with Crippen LogP contribution in [0.1, 0.15) is 94.9 Å². The minimum atomic E-state index is -0.198. The topological polar surface area (TPSA) is 43.4 Å². The summed E-state index contributed by atoms with van der Waals surface area (Å²) < 4.78 is 5.65. The third kappa shape index (κ3) is 4.53. The Balaban J connectivity index is 1.57. The van der Waals surface area contributed by atoms with Gasteiger partial charge in [-0.2, -0.15) is 0 Å². The summed E-state index contributed by atoms with van der Waals surface area (Å²) in [4.78, 5) is 26.5. The number of esters is 1. The van der Waals surface area contributed by atoms with Crippen molar-refractivity contribution < 1.29 is 14.3 Å². The molecule has 0 aliphatic heterocycles. The molecule has 0 saturated heterocycles. The number of Topliss-reactive ketones (excluding diaryl/α,β-unsaturated/α-hetero) is 1. The Kier molecular flexibility index (Phi) is 7.01. The highest BCUT2D eigenvalue weighted by Gasteiger charge is 2.52. The number of hydrogen-bond donors (Lipinski definition) is 0. The summed E-state index contributed by atoms with van der Waals surface area (Å²) >= 11 is 1.77. The van der Waals surface area contributed by atoms with Crippen LogP contribution < -0.4 is 0 Å². The fourth-order valence-corrected chi connectivity index (χ4v) is 6.96. The third-order valence-electron chi connectivity index (χ3n) is 7.41. The molecule has 4 heteroatoms. The van der Waals surface area contributed by atoms with Crippen LogP contribution in [0, 0.1) is 23.2 Å². The van der Waals surface area contributed by atoms with Gasteiger partial charge in [0.25, 0.3) is 0 Å². The Bertz CT molecular complexity index is 694. The maximum Gasteiger partial charge on any atom is 0.303 e. The van der Waals surface area contributed by atoms with Gasteiger partial charge >= 0.3 is 5.97 Å². The SMILES string of the molecule is CCc1ccc(C(CCCC(C)[C@H]2CC[C@H]3C(=O)CCC[C@]23C)OC(C)=O)s1. The van der Waals surface area contributed by atoms with Crippen molar-refractivity contribution in [2.24, 2.45) is 23.2 Å². The van der Waals surface area contributed by atoms with E-state index in [0.717, 1.165) is 44.9 Å². The molecule has 0 aromatic carbocycles. The number of rotatable bonds is 8. The summed E-state index contributed by atoms with van der Waals surface area (Å²) in [5.41, 5.74) is 0.216. The van der Waals surface area contributed by atoms with Gasteiger partial charge in [-0.05, 0) is 74.3 Å². The first-order chi connectivity index (χ1) is 13.3. The lowest BCUT2D eigenvalue weighted by atomic mass is 9.62. The Labute approximate surface area is 174 Å². The van der Waals surface area contributed by atoms with E-state index in [0.29, 0.717) is 23.5 Å². The van der Waals surface area contributed by atoms with Crippen LogP contribution in [0.5, 0.6) is 0 Å². The average Bonchev–Trinajstić information content (AvgIpc) is 3.25. The maximum absolute atomic E-state index is 12.4. The Morgan fingerprint density at radius 2 is 2.11 bits per heavy atom. The molecule has 3 rings (SSSR count). The van der Waals surface area contributed by atoms with Gasteiger partial charge in [0.1, 0.15) is 11.9 Å². The van der Waals surface area contributed by atoms with Crippen molar-refractivity contribution in [3.63, 3.8) is 0 Å². The number of ether oxygens (including phenoxy) is 1. The number of carbonyl (C=O) groups is 2. The van der Waals surface area contributed by atoms with Gasteiger partial charge in [0.05, 0.1) is 0 Å².